The normalized spacial score (nSPS) is 46.4. The number of aliphatic hydroxyl groups is 1. The van der Waals surface area contributed by atoms with Gasteiger partial charge < -0.3 is 19.9 Å². The van der Waals surface area contributed by atoms with Crippen LogP contribution >= 0.6 is 0 Å². The molecule has 0 aromatic rings. The largest absolute Gasteiger partial charge is 0.366 e. The van der Waals surface area contributed by atoms with Gasteiger partial charge in [-0.3, -0.25) is 5.32 Å². The molecule has 3 aliphatic heterocycles. The minimum atomic E-state index is -1.28. The minimum absolute atomic E-state index is 0.118. The van der Waals surface area contributed by atoms with E-state index < -0.39 is 12.0 Å². The third-order valence-electron chi connectivity index (χ3n) is 2.85. The average molecular weight is 210 g/mol. The smallest absolute Gasteiger partial charge is 0.207 e. The van der Waals surface area contributed by atoms with E-state index in [0.717, 1.165) is 0 Å². The third kappa shape index (κ3) is 1.19. The molecule has 80 valence electrons. The number of ether oxygens (including phenoxy) is 2. The molecule has 0 radical (unpaired) electrons. The maximum Gasteiger partial charge on any atom is 0.207 e. The summed E-state index contributed by atoms with van der Waals surface area (Å²) in [6.45, 7) is 0.433. The van der Waals surface area contributed by atoms with Crippen LogP contribution < -0.4 is 10.6 Å². The highest BCUT2D eigenvalue weighted by Gasteiger charge is 2.55. The first-order valence-corrected chi connectivity index (χ1v) is 4.72. The van der Waals surface area contributed by atoms with Crippen molar-refractivity contribution < 1.29 is 14.6 Å². The van der Waals surface area contributed by atoms with Crippen LogP contribution in [0, 0.1) is 11.5 Å². The van der Waals surface area contributed by atoms with Crippen LogP contribution in [0.5, 0.6) is 0 Å². The summed E-state index contributed by atoms with van der Waals surface area (Å²) < 4.78 is 10.7. The van der Waals surface area contributed by atoms with Gasteiger partial charge in [-0.05, 0) is 0 Å². The van der Waals surface area contributed by atoms with Gasteiger partial charge in [-0.15, -0.1) is 0 Å². The van der Waals surface area contributed by atoms with Gasteiger partial charge >= 0.3 is 0 Å². The van der Waals surface area contributed by atoms with Crippen LogP contribution in [0.2, 0.25) is 0 Å². The Kier molecular flexibility index (Phi) is 1.68. The van der Waals surface area contributed by atoms with Crippen molar-refractivity contribution in [2.24, 2.45) is 4.99 Å². The van der Waals surface area contributed by atoms with Crippen molar-refractivity contribution in [1.29, 1.82) is 5.26 Å². The Hall–Kier alpha value is -1.36. The van der Waals surface area contributed by atoms with Gasteiger partial charge in [-0.2, -0.15) is 5.26 Å². The Bertz CT molecular complexity index is 365. The lowest BCUT2D eigenvalue weighted by atomic mass is 9.95. The van der Waals surface area contributed by atoms with E-state index in [1.54, 1.807) is 6.19 Å². The quantitative estimate of drug-likeness (QED) is 0.323. The molecule has 3 aliphatic rings. The van der Waals surface area contributed by atoms with Crippen molar-refractivity contribution in [1.82, 2.24) is 10.6 Å². The monoisotopic (exact) mass is 210 g/mol. The molecule has 2 fully saturated rings. The van der Waals surface area contributed by atoms with Gasteiger partial charge in [0.05, 0.1) is 12.6 Å². The second-order valence-electron chi connectivity index (χ2n) is 3.88. The zero-order valence-electron chi connectivity index (χ0n) is 7.80. The number of nitrogens with one attached hydrogen (secondary N) is 2. The second kappa shape index (κ2) is 2.82. The van der Waals surface area contributed by atoms with Gasteiger partial charge in [0.15, 0.2) is 11.9 Å². The van der Waals surface area contributed by atoms with E-state index in [4.69, 9.17) is 14.7 Å². The molecular weight excluding hydrogens is 200 g/mol. The molecule has 0 spiro atoms. The molecular formula is C8H10N4O3. The molecule has 0 aromatic heterocycles. The van der Waals surface area contributed by atoms with Gasteiger partial charge in [-0.1, -0.05) is 0 Å². The van der Waals surface area contributed by atoms with Crippen LogP contribution in [0.1, 0.15) is 6.42 Å². The number of rotatable bonds is 0. The Labute approximate surface area is 85.7 Å². The molecule has 2 saturated heterocycles. The minimum Gasteiger partial charge on any atom is -0.366 e. The van der Waals surface area contributed by atoms with Crippen molar-refractivity contribution >= 4 is 5.96 Å². The number of guanidine groups is 1. The van der Waals surface area contributed by atoms with Gasteiger partial charge in [-0.25, -0.2) is 4.99 Å². The molecule has 7 nitrogen and oxygen atoms in total. The fourth-order valence-corrected chi connectivity index (χ4v) is 2.18. The molecule has 0 aromatic carbocycles. The van der Waals surface area contributed by atoms with Crippen molar-refractivity contribution in [3.8, 4) is 6.19 Å². The van der Waals surface area contributed by atoms with Gasteiger partial charge in [0.1, 0.15) is 6.10 Å². The predicted molar refractivity (Wildman–Crippen MR) is 47.3 cm³/mol. The maximum absolute atomic E-state index is 10.2. The van der Waals surface area contributed by atoms with E-state index in [-0.39, 0.29) is 18.1 Å². The van der Waals surface area contributed by atoms with E-state index in [0.29, 0.717) is 13.0 Å². The van der Waals surface area contributed by atoms with Crippen LogP contribution in [0.3, 0.4) is 0 Å². The van der Waals surface area contributed by atoms with Crippen LogP contribution in [0.15, 0.2) is 4.99 Å². The number of aliphatic imine (C=N–C) groups is 1. The Morgan fingerprint density at radius 2 is 2.60 bits per heavy atom. The topological polar surface area (TPSA) is 98.9 Å². The van der Waals surface area contributed by atoms with E-state index >= 15 is 0 Å². The summed E-state index contributed by atoms with van der Waals surface area (Å²) in [5, 5.41) is 23.8. The maximum atomic E-state index is 10.2. The van der Waals surface area contributed by atoms with E-state index in [9.17, 15) is 5.11 Å². The highest BCUT2D eigenvalue weighted by Crippen LogP contribution is 2.36. The number of hydrogen-bond donors (Lipinski definition) is 3. The summed E-state index contributed by atoms with van der Waals surface area (Å²) in [5.74, 6) is 0.278. The van der Waals surface area contributed by atoms with Crippen LogP contribution in [-0.4, -0.2) is 41.8 Å². The molecule has 4 atom stereocenters. The van der Waals surface area contributed by atoms with E-state index in [2.05, 4.69) is 15.6 Å². The number of nitrogens with zero attached hydrogens (tertiary/aromatic N) is 2. The SMILES string of the molecule is N#CNC1=N[C@H]2C[C@@](O)(N1)[C@@H]1OC[C@H]2O1. The summed E-state index contributed by atoms with van der Waals surface area (Å²) in [4.78, 5) is 4.22. The highest BCUT2D eigenvalue weighted by molar-refractivity contribution is 5.82. The zero-order chi connectivity index (χ0) is 10.5. The Morgan fingerprint density at radius 3 is 3.40 bits per heavy atom. The molecule has 0 unspecified atom stereocenters. The fourth-order valence-electron chi connectivity index (χ4n) is 2.18. The fraction of sp³-hybridized carbons (Fsp3) is 0.750. The second-order valence-corrected chi connectivity index (χ2v) is 3.88. The van der Waals surface area contributed by atoms with Crippen LogP contribution in [-0.2, 0) is 9.47 Å². The van der Waals surface area contributed by atoms with Gasteiger partial charge in [0, 0.05) is 6.42 Å². The van der Waals surface area contributed by atoms with E-state index in [1.807, 2.05) is 0 Å². The average Bonchev–Trinajstić information content (AvgIpc) is 2.62. The summed E-state index contributed by atoms with van der Waals surface area (Å²) in [5.41, 5.74) is -1.28. The molecule has 3 N–H and O–H groups in total. The Morgan fingerprint density at radius 1 is 1.73 bits per heavy atom. The molecule has 0 saturated carbocycles. The number of nitriles is 1. The van der Waals surface area contributed by atoms with Crippen LogP contribution in [0.25, 0.3) is 0 Å². The van der Waals surface area contributed by atoms with E-state index in [1.165, 1.54) is 0 Å². The van der Waals surface area contributed by atoms with Gasteiger partial charge in [0.25, 0.3) is 0 Å². The molecule has 3 rings (SSSR count). The van der Waals surface area contributed by atoms with Crippen molar-refractivity contribution in [3.63, 3.8) is 0 Å². The highest BCUT2D eigenvalue weighted by atomic mass is 16.7. The van der Waals surface area contributed by atoms with Crippen molar-refractivity contribution in [3.05, 3.63) is 0 Å². The predicted octanol–water partition coefficient (Wildman–Crippen LogP) is -1.78. The van der Waals surface area contributed by atoms with Gasteiger partial charge in [0.2, 0.25) is 12.2 Å². The summed E-state index contributed by atoms with van der Waals surface area (Å²) in [6, 6.07) is -0.161. The standard InChI is InChI=1S/C8H10N4O3/c9-3-10-7-11-4-1-8(13,12-7)6-14-2-5(4)15-6/h4-6,13H,1-2H2,(H2,10,11,12)/t4-,5+,6+,8-/m0/s1. The van der Waals surface area contributed by atoms with Crippen molar-refractivity contribution in [2.75, 3.05) is 6.61 Å². The van der Waals surface area contributed by atoms with Crippen LogP contribution in [0.4, 0.5) is 0 Å². The summed E-state index contributed by atoms with van der Waals surface area (Å²) >= 11 is 0. The molecule has 15 heavy (non-hydrogen) atoms. The lowest BCUT2D eigenvalue weighted by Gasteiger charge is -2.42. The molecule has 0 amide bonds. The Balaban J connectivity index is 1.94. The number of hydrogen-bond acceptors (Lipinski definition) is 7. The molecule has 7 heteroatoms. The zero-order valence-corrected chi connectivity index (χ0v) is 7.80. The third-order valence-corrected chi connectivity index (χ3v) is 2.85. The number of fused-ring (bicyclic) bond motifs is 6. The summed E-state index contributed by atoms with van der Waals surface area (Å²) in [7, 11) is 0. The first-order valence-electron chi connectivity index (χ1n) is 4.72. The first kappa shape index (κ1) is 8.91. The lowest BCUT2D eigenvalue weighted by molar-refractivity contribution is -0.225. The molecule has 0 aliphatic carbocycles. The van der Waals surface area contributed by atoms with Crippen molar-refractivity contribution in [2.45, 2.75) is 30.6 Å². The summed E-state index contributed by atoms with van der Waals surface area (Å²) in [6.07, 6.45) is 1.41. The first-order chi connectivity index (χ1) is 7.21. The molecule has 4 bridgehead atoms. The lowest BCUT2D eigenvalue weighted by Crippen LogP contribution is -2.66. The molecule has 3 heterocycles.